The van der Waals surface area contributed by atoms with Crippen LogP contribution < -0.4 is 0 Å². The molecule has 0 radical (unpaired) electrons. The molecule has 0 aromatic carbocycles. The lowest BCUT2D eigenvalue weighted by molar-refractivity contribution is -0.150. The minimum atomic E-state index is -0.727. The third kappa shape index (κ3) is 38.3. The molecular weight excluding hydrogens is 592 g/mol. The second-order valence-corrected chi connectivity index (χ2v) is 13.8. The van der Waals surface area contributed by atoms with E-state index in [1.54, 1.807) is 0 Å². The first-order chi connectivity index (χ1) is 23.6. The maximum atomic E-state index is 12.6. The maximum absolute atomic E-state index is 12.6. The molecule has 0 aromatic heterocycles. The number of carboxylic acid groups (broad SMARTS) is 1. The van der Waals surface area contributed by atoms with Crippen molar-refractivity contribution in [2.75, 3.05) is 0 Å². The molecule has 278 valence electrons. The van der Waals surface area contributed by atoms with Gasteiger partial charge < -0.3 is 9.84 Å². The average Bonchev–Trinajstić information content (AvgIpc) is 3.07. The Kier molecular flexibility index (Phi) is 37.6. The monoisotopic (exact) mass is 671 g/mol. The molecular formula is C44H78O4. The molecule has 0 spiro atoms. The standard InChI is InChI=1S/C44H78O4/c1-3-5-7-9-11-13-15-16-17-18-19-20-21-22-23-24-26-28-30-32-37-41-44(47)48-42(39-35-33-36-40-43(45)46)38-34-31-29-27-25-14-12-10-8-6-4-2/h11,13,16-17,19-20,22-23,42H,3-10,12,14-15,18,21,24-41H2,1-2H3,(H,45,46)/b13-11-,17-16-,20-19-,23-22-. The van der Waals surface area contributed by atoms with Gasteiger partial charge in [-0.15, -0.1) is 0 Å². The molecule has 0 fully saturated rings. The van der Waals surface area contributed by atoms with Gasteiger partial charge in [-0.2, -0.15) is 0 Å². The largest absolute Gasteiger partial charge is 0.481 e. The van der Waals surface area contributed by atoms with Crippen molar-refractivity contribution in [3.63, 3.8) is 0 Å². The van der Waals surface area contributed by atoms with Crippen LogP contribution in [0.2, 0.25) is 0 Å². The molecule has 0 bridgehead atoms. The lowest BCUT2D eigenvalue weighted by Crippen LogP contribution is -2.18. The van der Waals surface area contributed by atoms with Gasteiger partial charge in [-0.3, -0.25) is 9.59 Å². The molecule has 1 atom stereocenters. The fourth-order valence-corrected chi connectivity index (χ4v) is 5.99. The predicted molar refractivity (Wildman–Crippen MR) is 209 cm³/mol. The summed E-state index contributed by atoms with van der Waals surface area (Å²) in [5.74, 6) is -0.774. The van der Waals surface area contributed by atoms with Crippen LogP contribution in [0.25, 0.3) is 0 Å². The molecule has 0 aromatic rings. The Bertz CT molecular complexity index is 809. The second kappa shape index (κ2) is 39.3. The summed E-state index contributed by atoms with van der Waals surface area (Å²) in [5, 5.41) is 8.89. The first-order valence-electron chi connectivity index (χ1n) is 20.6. The van der Waals surface area contributed by atoms with E-state index in [0.29, 0.717) is 12.8 Å². The molecule has 0 aliphatic carbocycles. The summed E-state index contributed by atoms with van der Waals surface area (Å²) in [6, 6.07) is 0. The van der Waals surface area contributed by atoms with Gasteiger partial charge in [0.1, 0.15) is 6.10 Å². The highest BCUT2D eigenvalue weighted by atomic mass is 16.5. The first kappa shape index (κ1) is 45.9. The maximum Gasteiger partial charge on any atom is 0.306 e. The first-order valence-corrected chi connectivity index (χ1v) is 20.6. The SMILES string of the molecule is CCCCC/C=C\C/C=C\C/C=C\C/C=C\CCCCCCCC(=O)OC(CCCCCCCCCCCCC)CCCCCC(=O)O. The summed E-state index contributed by atoms with van der Waals surface area (Å²) in [4.78, 5) is 23.4. The zero-order valence-electron chi connectivity index (χ0n) is 31.8. The number of unbranched alkanes of at least 4 members (excludes halogenated alkanes) is 20. The van der Waals surface area contributed by atoms with Crippen molar-refractivity contribution in [3.05, 3.63) is 48.6 Å². The van der Waals surface area contributed by atoms with Crippen LogP contribution in [0.15, 0.2) is 48.6 Å². The van der Waals surface area contributed by atoms with E-state index in [1.165, 1.54) is 109 Å². The molecule has 4 nitrogen and oxygen atoms in total. The van der Waals surface area contributed by atoms with E-state index in [-0.39, 0.29) is 18.5 Å². The molecule has 1 N–H and O–H groups in total. The van der Waals surface area contributed by atoms with Crippen LogP contribution in [0.1, 0.15) is 213 Å². The highest BCUT2D eigenvalue weighted by Gasteiger charge is 2.14. The van der Waals surface area contributed by atoms with Crippen LogP contribution in [-0.2, 0) is 14.3 Å². The quantitative estimate of drug-likeness (QED) is 0.0406. The van der Waals surface area contributed by atoms with E-state index in [1.807, 2.05) is 0 Å². The number of carbonyl (C=O) groups excluding carboxylic acids is 1. The van der Waals surface area contributed by atoms with Crippen LogP contribution in [-0.4, -0.2) is 23.1 Å². The summed E-state index contributed by atoms with van der Waals surface area (Å²) in [7, 11) is 0. The molecule has 0 amide bonds. The Balaban J connectivity index is 3.94. The fourth-order valence-electron chi connectivity index (χ4n) is 5.99. The predicted octanol–water partition coefficient (Wildman–Crippen LogP) is 14.3. The molecule has 1 unspecified atom stereocenters. The van der Waals surface area contributed by atoms with Crippen molar-refractivity contribution < 1.29 is 19.4 Å². The number of rotatable bonds is 37. The lowest BCUT2D eigenvalue weighted by atomic mass is 10.0. The summed E-state index contributed by atoms with van der Waals surface area (Å²) in [6.45, 7) is 4.52. The molecule has 0 aliphatic heterocycles. The van der Waals surface area contributed by atoms with Gasteiger partial charge in [0.2, 0.25) is 0 Å². The van der Waals surface area contributed by atoms with Gasteiger partial charge in [0.25, 0.3) is 0 Å². The third-order valence-corrected chi connectivity index (χ3v) is 9.05. The number of hydrogen-bond donors (Lipinski definition) is 1. The third-order valence-electron chi connectivity index (χ3n) is 9.05. The number of ether oxygens (including phenoxy) is 1. The smallest absolute Gasteiger partial charge is 0.306 e. The molecule has 4 heteroatoms. The minimum Gasteiger partial charge on any atom is -0.481 e. The lowest BCUT2D eigenvalue weighted by Gasteiger charge is -2.18. The van der Waals surface area contributed by atoms with Crippen molar-refractivity contribution in [2.24, 2.45) is 0 Å². The van der Waals surface area contributed by atoms with Gasteiger partial charge in [-0.1, -0.05) is 165 Å². The van der Waals surface area contributed by atoms with Crippen molar-refractivity contribution in [1.29, 1.82) is 0 Å². The Morgan fingerprint density at radius 3 is 1.31 bits per heavy atom. The Morgan fingerprint density at radius 1 is 0.458 bits per heavy atom. The van der Waals surface area contributed by atoms with Crippen molar-refractivity contribution in [2.45, 2.75) is 219 Å². The number of carboxylic acids is 1. The zero-order valence-corrected chi connectivity index (χ0v) is 31.8. The van der Waals surface area contributed by atoms with Crippen LogP contribution in [0.5, 0.6) is 0 Å². The van der Waals surface area contributed by atoms with Gasteiger partial charge in [-0.05, 0) is 83.5 Å². The number of carbonyl (C=O) groups is 2. The van der Waals surface area contributed by atoms with E-state index < -0.39 is 5.97 Å². The fraction of sp³-hybridized carbons (Fsp3) is 0.773. The van der Waals surface area contributed by atoms with Gasteiger partial charge in [0.05, 0.1) is 0 Å². The van der Waals surface area contributed by atoms with Crippen molar-refractivity contribution in [3.8, 4) is 0 Å². The second-order valence-electron chi connectivity index (χ2n) is 13.8. The Labute approximate surface area is 298 Å². The molecule has 48 heavy (non-hydrogen) atoms. The highest BCUT2D eigenvalue weighted by molar-refractivity contribution is 5.69. The Hall–Kier alpha value is -2.10. The van der Waals surface area contributed by atoms with E-state index in [9.17, 15) is 9.59 Å². The summed E-state index contributed by atoms with van der Waals surface area (Å²) < 4.78 is 5.94. The van der Waals surface area contributed by atoms with E-state index in [0.717, 1.165) is 70.6 Å². The zero-order chi connectivity index (χ0) is 35.0. The number of allylic oxidation sites excluding steroid dienone is 8. The molecule has 0 aliphatic rings. The van der Waals surface area contributed by atoms with Crippen molar-refractivity contribution in [1.82, 2.24) is 0 Å². The van der Waals surface area contributed by atoms with Gasteiger partial charge in [-0.25, -0.2) is 0 Å². The van der Waals surface area contributed by atoms with Crippen LogP contribution in [0.3, 0.4) is 0 Å². The van der Waals surface area contributed by atoms with Crippen LogP contribution in [0, 0.1) is 0 Å². The molecule has 0 saturated heterocycles. The Morgan fingerprint density at radius 2 is 0.812 bits per heavy atom. The number of hydrogen-bond acceptors (Lipinski definition) is 3. The molecule has 0 heterocycles. The van der Waals surface area contributed by atoms with E-state index in [2.05, 4.69) is 62.5 Å². The minimum absolute atomic E-state index is 0.00804. The van der Waals surface area contributed by atoms with E-state index >= 15 is 0 Å². The number of esters is 1. The van der Waals surface area contributed by atoms with Crippen LogP contribution >= 0.6 is 0 Å². The normalized spacial score (nSPS) is 12.7. The van der Waals surface area contributed by atoms with Gasteiger partial charge in [0, 0.05) is 12.8 Å². The summed E-state index contributed by atoms with van der Waals surface area (Å²) in [5.41, 5.74) is 0. The highest BCUT2D eigenvalue weighted by Crippen LogP contribution is 2.18. The van der Waals surface area contributed by atoms with Gasteiger partial charge >= 0.3 is 11.9 Å². The average molecular weight is 671 g/mol. The van der Waals surface area contributed by atoms with E-state index in [4.69, 9.17) is 9.84 Å². The topological polar surface area (TPSA) is 63.6 Å². The van der Waals surface area contributed by atoms with Gasteiger partial charge in [0.15, 0.2) is 0 Å². The van der Waals surface area contributed by atoms with Crippen molar-refractivity contribution >= 4 is 11.9 Å². The van der Waals surface area contributed by atoms with Crippen LogP contribution in [0.4, 0.5) is 0 Å². The summed E-state index contributed by atoms with van der Waals surface area (Å²) >= 11 is 0. The molecule has 0 rings (SSSR count). The summed E-state index contributed by atoms with van der Waals surface area (Å²) in [6.07, 6.45) is 52.7. The number of aliphatic carboxylic acids is 1. The molecule has 0 saturated carbocycles.